The zero-order valence-corrected chi connectivity index (χ0v) is 13.8. The minimum absolute atomic E-state index is 0.269. The molecule has 0 unspecified atom stereocenters. The Labute approximate surface area is 132 Å². The van der Waals surface area contributed by atoms with E-state index in [1.54, 1.807) is 13.2 Å². The highest BCUT2D eigenvalue weighted by Crippen LogP contribution is 2.34. The first-order valence-electron chi connectivity index (χ1n) is 7.19. The van der Waals surface area contributed by atoms with Gasteiger partial charge in [-0.05, 0) is 15.9 Å². The normalized spacial score (nSPS) is 14.6. The van der Waals surface area contributed by atoms with Crippen molar-refractivity contribution in [3.05, 3.63) is 21.2 Å². The first kappa shape index (κ1) is 15.8. The zero-order valence-electron chi connectivity index (χ0n) is 12.2. The van der Waals surface area contributed by atoms with Crippen LogP contribution in [0.5, 0.6) is 0 Å². The van der Waals surface area contributed by atoms with Crippen LogP contribution in [-0.4, -0.2) is 14.5 Å². The number of nitrogens with zero attached hydrogens (tertiary/aromatic N) is 1. The zero-order chi connectivity index (χ0) is 15.4. The monoisotopic (exact) mass is 355 g/mol. The summed E-state index contributed by atoms with van der Waals surface area (Å²) in [4.78, 5) is 16.7. The largest absolute Gasteiger partial charge is 0.385 e. The van der Waals surface area contributed by atoms with E-state index >= 15 is 0 Å². The minimum Gasteiger partial charge on any atom is -0.385 e. The predicted molar refractivity (Wildman–Crippen MR) is 90.0 cm³/mol. The van der Waals surface area contributed by atoms with Crippen LogP contribution in [0.15, 0.2) is 15.5 Å². The third-order valence-electron chi connectivity index (χ3n) is 3.74. The van der Waals surface area contributed by atoms with Gasteiger partial charge in [0, 0.05) is 17.7 Å². The van der Waals surface area contributed by atoms with Gasteiger partial charge >= 0.3 is 5.69 Å². The minimum atomic E-state index is -0.269. The second-order valence-corrected chi connectivity index (χ2v) is 6.15. The Balaban J connectivity index is 0.000000225. The van der Waals surface area contributed by atoms with Crippen LogP contribution in [0.25, 0.3) is 11.3 Å². The SMILES string of the molecule is C1CCCCC1.Cn1c(-c2c(Br)c[nH]c2N)c(N)[nH]c1=O. The van der Waals surface area contributed by atoms with E-state index in [-0.39, 0.29) is 5.69 Å². The average molecular weight is 356 g/mol. The molecule has 0 spiro atoms. The van der Waals surface area contributed by atoms with Crippen molar-refractivity contribution < 1.29 is 0 Å². The molecule has 7 heteroatoms. The third kappa shape index (κ3) is 3.53. The van der Waals surface area contributed by atoms with Crippen LogP contribution < -0.4 is 17.2 Å². The highest BCUT2D eigenvalue weighted by Gasteiger charge is 2.17. The van der Waals surface area contributed by atoms with Gasteiger partial charge in [0.05, 0.1) is 11.3 Å². The standard InChI is InChI=1S/C8H10BrN5O.C6H12/c1-14-5(7(11)13-8(14)15)4-3(9)2-12-6(4)10;1-2-4-6-5-3-1/h2,12H,10-11H2,1H3,(H,13,15);1-6H2. The summed E-state index contributed by atoms with van der Waals surface area (Å²) in [5.74, 6) is 0.762. The molecule has 116 valence electrons. The molecule has 1 aliphatic carbocycles. The lowest BCUT2D eigenvalue weighted by atomic mass is 10.0. The van der Waals surface area contributed by atoms with Gasteiger partial charge in [0.1, 0.15) is 11.6 Å². The Morgan fingerprint density at radius 1 is 1.10 bits per heavy atom. The molecule has 0 aromatic carbocycles. The molecular formula is C14H22BrN5O. The van der Waals surface area contributed by atoms with E-state index in [9.17, 15) is 4.79 Å². The predicted octanol–water partition coefficient (Wildman–Crippen LogP) is 2.98. The second kappa shape index (κ2) is 6.89. The number of aromatic nitrogens is 3. The molecule has 1 saturated carbocycles. The number of nitrogen functional groups attached to an aromatic ring is 2. The molecule has 0 atom stereocenters. The van der Waals surface area contributed by atoms with Crippen molar-refractivity contribution in [1.29, 1.82) is 0 Å². The fraction of sp³-hybridized carbons (Fsp3) is 0.500. The quantitative estimate of drug-likeness (QED) is 0.631. The molecule has 0 amide bonds. The van der Waals surface area contributed by atoms with E-state index in [2.05, 4.69) is 25.9 Å². The van der Waals surface area contributed by atoms with Crippen molar-refractivity contribution >= 4 is 27.6 Å². The van der Waals surface area contributed by atoms with Gasteiger partial charge < -0.3 is 16.5 Å². The topological polar surface area (TPSA) is 106 Å². The molecule has 0 saturated heterocycles. The summed E-state index contributed by atoms with van der Waals surface area (Å²) in [6.45, 7) is 0. The molecule has 21 heavy (non-hydrogen) atoms. The number of halogens is 1. The van der Waals surface area contributed by atoms with Crippen LogP contribution >= 0.6 is 15.9 Å². The van der Waals surface area contributed by atoms with Crippen LogP contribution in [0.1, 0.15) is 38.5 Å². The van der Waals surface area contributed by atoms with Crippen molar-refractivity contribution in [3.63, 3.8) is 0 Å². The summed E-state index contributed by atoms with van der Waals surface area (Å²) in [6, 6.07) is 0. The number of imidazole rings is 1. The van der Waals surface area contributed by atoms with Gasteiger partial charge in [0.2, 0.25) is 0 Å². The Hall–Kier alpha value is -1.63. The van der Waals surface area contributed by atoms with Crippen molar-refractivity contribution in [2.24, 2.45) is 7.05 Å². The van der Waals surface area contributed by atoms with Gasteiger partial charge in [-0.1, -0.05) is 38.5 Å². The number of aromatic amines is 2. The molecule has 2 aromatic rings. The van der Waals surface area contributed by atoms with Crippen molar-refractivity contribution in [1.82, 2.24) is 14.5 Å². The first-order valence-corrected chi connectivity index (χ1v) is 7.99. The summed E-state index contributed by atoms with van der Waals surface area (Å²) in [6.07, 6.45) is 10.7. The highest BCUT2D eigenvalue weighted by atomic mass is 79.9. The number of anilines is 2. The van der Waals surface area contributed by atoms with Gasteiger partial charge in [-0.25, -0.2) is 4.79 Å². The first-order chi connectivity index (χ1) is 10.0. The molecule has 0 bridgehead atoms. The van der Waals surface area contributed by atoms with Gasteiger partial charge in [0.15, 0.2) is 0 Å². The highest BCUT2D eigenvalue weighted by molar-refractivity contribution is 9.10. The molecule has 6 nitrogen and oxygen atoms in total. The van der Waals surface area contributed by atoms with Crippen LogP contribution in [0.3, 0.4) is 0 Å². The van der Waals surface area contributed by atoms with Gasteiger partial charge in [-0.3, -0.25) is 9.55 Å². The summed E-state index contributed by atoms with van der Waals surface area (Å²) in [7, 11) is 1.63. The van der Waals surface area contributed by atoms with E-state index in [4.69, 9.17) is 11.5 Å². The molecule has 6 N–H and O–H groups in total. The Bertz CT molecular complexity index is 620. The third-order valence-corrected chi connectivity index (χ3v) is 4.36. The van der Waals surface area contributed by atoms with Crippen LogP contribution in [0.2, 0.25) is 0 Å². The molecule has 1 fully saturated rings. The fourth-order valence-electron chi connectivity index (χ4n) is 2.56. The summed E-state index contributed by atoms with van der Waals surface area (Å²) in [5.41, 5.74) is 12.4. The van der Waals surface area contributed by atoms with Gasteiger partial charge in [-0.15, -0.1) is 0 Å². The van der Waals surface area contributed by atoms with Crippen LogP contribution in [0, 0.1) is 0 Å². The Morgan fingerprint density at radius 3 is 1.95 bits per heavy atom. The lowest BCUT2D eigenvalue weighted by Gasteiger charge is -2.05. The number of rotatable bonds is 1. The Kier molecular flexibility index (Phi) is 5.17. The number of hydrogen-bond donors (Lipinski definition) is 4. The maximum Gasteiger partial charge on any atom is 0.327 e. The summed E-state index contributed by atoms with van der Waals surface area (Å²) < 4.78 is 2.18. The maximum atomic E-state index is 11.3. The van der Waals surface area contributed by atoms with Gasteiger partial charge in [0.25, 0.3) is 0 Å². The molecule has 0 aliphatic heterocycles. The molecule has 2 heterocycles. The molecule has 0 radical (unpaired) electrons. The van der Waals surface area contributed by atoms with E-state index in [0.29, 0.717) is 22.9 Å². The lowest BCUT2D eigenvalue weighted by molar-refractivity contribution is 0.504. The number of nitrogens with one attached hydrogen (secondary N) is 2. The molecule has 3 rings (SSSR count). The summed E-state index contributed by atoms with van der Waals surface area (Å²) in [5, 5.41) is 0. The number of H-pyrrole nitrogens is 2. The lowest BCUT2D eigenvalue weighted by Crippen LogP contribution is -2.13. The molecule has 1 aliphatic rings. The van der Waals surface area contributed by atoms with Crippen LogP contribution in [-0.2, 0) is 7.05 Å². The second-order valence-electron chi connectivity index (χ2n) is 5.30. The van der Waals surface area contributed by atoms with Crippen molar-refractivity contribution in [2.45, 2.75) is 38.5 Å². The van der Waals surface area contributed by atoms with E-state index < -0.39 is 0 Å². The van der Waals surface area contributed by atoms with E-state index in [1.165, 1.54) is 43.1 Å². The van der Waals surface area contributed by atoms with Crippen molar-refractivity contribution in [3.8, 4) is 11.3 Å². The van der Waals surface area contributed by atoms with E-state index in [0.717, 1.165) is 4.47 Å². The van der Waals surface area contributed by atoms with Crippen LogP contribution in [0.4, 0.5) is 11.6 Å². The molecule has 2 aromatic heterocycles. The van der Waals surface area contributed by atoms with Gasteiger partial charge in [-0.2, -0.15) is 0 Å². The number of nitrogens with two attached hydrogens (primary N) is 2. The number of hydrogen-bond acceptors (Lipinski definition) is 3. The summed E-state index contributed by atoms with van der Waals surface area (Å²) >= 11 is 3.34. The maximum absolute atomic E-state index is 11.3. The average Bonchev–Trinajstić information content (AvgIpc) is 2.93. The molecular weight excluding hydrogens is 334 g/mol. The Morgan fingerprint density at radius 2 is 1.62 bits per heavy atom. The van der Waals surface area contributed by atoms with E-state index in [1.807, 2.05) is 0 Å². The smallest absolute Gasteiger partial charge is 0.327 e. The van der Waals surface area contributed by atoms with Crippen molar-refractivity contribution in [2.75, 3.05) is 11.5 Å². The fourth-order valence-corrected chi connectivity index (χ4v) is 3.07.